The Morgan fingerprint density at radius 3 is 2.79 bits per heavy atom. The van der Waals surface area contributed by atoms with Crippen molar-refractivity contribution in [1.29, 1.82) is 0 Å². The van der Waals surface area contributed by atoms with Crippen molar-refractivity contribution in [2.45, 2.75) is 13.8 Å². The van der Waals surface area contributed by atoms with E-state index in [4.69, 9.17) is 5.73 Å². The standard InChI is InChI=1S/C10H16N4/c1-8(2)9(3)10(4-5-11)14-7-12-6-13-14/h4,6-8H,3,5,11H2,1-2H3/b10-4+. The van der Waals surface area contributed by atoms with Crippen LogP contribution >= 0.6 is 0 Å². The molecule has 4 nitrogen and oxygen atoms in total. The first-order valence-electron chi connectivity index (χ1n) is 4.61. The van der Waals surface area contributed by atoms with Crippen molar-refractivity contribution in [2.75, 3.05) is 6.54 Å². The van der Waals surface area contributed by atoms with E-state index in [9.17, 15) is 0 Å². The van der Waals surface area contributed by atoms with Crippen molar-refractivity contribution < 1.29 is 0 Å². The largest absolute Gasteiger partial charge is 0.327 e. The van der Waals surface area contributed by atoms with Crippen LogP contribution in [0.25, 0.3) is 5.70 Å². The molecule has 4 heteroatoms. The molecular formula is C10H16N4. The van der Waals surface area contributed by atoms with Gasteiger partial charge in [0.1, 0.15) is 12.7 Å². The molecule has 0 aliphatic heterocycles. The molecule has 1 heterocycles. The molecule has 76 valence electrons. The second kappa shape index (κ2) is 4.72. The molecule has 0 aromatic carbocycles. The van der Waals surface area contributed by atoms with Crippen molar-refractivity contribution in [3.8, 4) is 0 Å². The number of nitrogens with zero attached hydrogens (tertiary/aromatic N) is 3. The predicted octanol–water partition coefficient (Wildman–Crippen LogP) is 1.29. The van der Waals surface area contributed by atoms with Gasteiger partial charge in [-0.05, 0) is 17.6 Å². The third kappa shape index (κ3) is 2.29. The molecule has 0 radical (unpaired) electrons. The molecule has 0 bridgehead atoms. The van der Waals surface area contributed by atoms with E-state index in [0.717, 1.165) is 11.3 Å². The highest BCUT2D eigenvalue weighted by Crippen LogP contribution is 2.20. The maximum atomic E-state index is 5.49. The fourth-order valence-electron chi connectivity index (χ4n) is 1.11. The van der Waals surface area contributed by atoms with Crippen LogP contribution in [-0.4, -0.2) is 21.3 Å². The average Bonchev–Trinajstić information content (AvgIpc) is 2.65. The molecule has 0 amide bonds. The summed E-state index contributed by atoms with van der Waals surface area (Å²) in [5, 5.41) is 4.06. The highest BCUT2D eigenvalue weighted by atomic mass is 15.3. The molecule has 0 spiro atoms. The maximum Gasteiger partial charge on any atom is 0.138 e. The fraction of sp³-hybridized carbons (Fsp3) is 0.400. The summed E-state index contributed by atoms with van der Waals surface area (Å²) in [6, 6.07) is 0. The van der Waals surface area contributed by atoms with Crippen LogP contribution < -0.4 is 5.73 Å². The van der Waals surface area contributed by atoms with Crippen LogP contribution in [0.15, 0.2) is 30.9 Å². The van der Waals surface area contributed by atoms with E-state index in [-0.39, 0.29) is 0 Å². The van der Waals surface area contributed by atoms with Gasteiger partial charge in [-0.2, -0.15) is 5.10 Å². The van der Waals surface area contributed by atoms with Crippen LogP contribution in [0.1, 0.15) is 13.8 Å². The van der Waals surface area contributed by atoms with Crippen LogP contribution in [-0.2, 0) is 0 Å². The van der Waals surface area contributed by atoms with Gasteiger partial charge in [-0.25, -0.2) is 9.67 Å². The van der Waals surface area contributed by atoms with Gasteiger partial charge in [0.25, 0.3) is 0 Å². The Bertz CT molecular complexity index is 322. The van der Waals surface area contributed by atoms with Gasteiger partial charge < -0.3 is 5.73 Å². The summed E-state index contributed by atoms with van der Waals surface area (Å²) in [5.74, 6) is 0.372. The highest BCUT2D eigenvalue weighted by molar-refractivity contribution is 5.63. The van der Waals surface area contributed by atoms with Crippen LogP contribution in [0.2, 0.25) is 0 Å². The topological polar surface area (TPSA) is 56.7 Å². The lowest BCUT2D eigenvalue weighted by Crippen LogP contribution is -2.07. The van der Waals surface area contributed by atoms with Gasteiger partial charge in [-0.15, -0.1) is 0 Å². The lowest BCUT2D eigenvalue weighted by molar-refractivity contribution is 0.768. The van der Waals surface area contributed by atoms with E-state index < -0.39 is 0 Å². The van der Waals surface area contributed by atoms with Crippen molar-refractivity contribution in [2.24, 2.45) is 11.7 Å². The van der Waals surface area contributed by atoms with Crippen LogP contribution in [0.4, 0.5) is 0 Å². The van der Waals surface area contributed by atoms with E-state index in [2.05, 4.69) is 30.5 Å². The van der Waals surface area contributed by atoms with Crippen molar-refractivity contribution in [3.63, 3.8) is 0 Å². The molecule has 1 aromatic rings. The molecule has 0 aliphatic rings. The molecule has 0 saturated carbocycles. The zero-order chi connectivity index (χ0) is 10.6. The predicted molar refractivity (Wildman–Crippen MR) is 57.3 cm³/mol. The van der Waals surface area contributed by atoms with Crippen LogP contribution in [0, 0.1) is 5.92 Å². The van der Waals surface area contributed by atoms with Crippen LogP contribution in [0.5, 0.6) is 0 Å². The fourth-order valence-corrected chi connectivity index (χ4v) is 1.11. The van der Waals surface area contributed by atoms with Gasteiger partial charge >= 0.3 is 0 Å². The molecule has 0 aliphatic carbocycles. The second-order valence-electron chi connectivity index (χ2n) is 3.35. The first-order valence-corrected chi connectivity index (χ1v) is 4.61. The summed E-state index contributed by atoms with van der Waals surface area (Å²) >= 11 is 0. The van der Waals surface area contributed by atoms with Gasteiger partial charge in [0.05, 0.1) is 5.70 Å². The van der Waals surface area contributed by atoms with Crippen LogP contribution in [0.3, 0.4) is 0 Å². The average molecular weight is 192 g/mol. The third-order valence-corrected chi connectivity index (χ3v) is 2.00. The summed E-state index contributed by atoms with van der Waals surface area (Å²) in [7, 11) is 0. The smallest absolute Gasteiger partial charge is 0.138 e. The SMILES string of the molecule is C=C(/C(=C\CN)n1cncn1)C(C)C. The second-order valence-corrected chi connectivity index (χ2v) is 3.35. The summed E-state index contributed by atoms with van der Waals surface area (Å²) < 4.78 is 1.69. The summed E-state index contributed by atoms with van der Waals surface area (Å²) in [4.78, 5) is 3.90. The summed E-state index contributed by atoms with van der Waals surface area (Å²) in [5.41, 5.74) is 7.44. The molecule has 2 N–H and O–H groups in total. The van der Waals surface area contributed by atoms with E-state index in [0.29, 0.717) is 12.5 Å². The third-order valence-electron chi connectivity index (χ3n) is 2.00. The van der Waals surface area contributed by atoms with E-state index in [1.807, 2.05) is 6.08 Å². The Kier molecular flexibility index (Phi) is 3.59. The van der Waals surface area contributed by atoms with Crippen molar-refractivity contribution in [3.05, 3.63) is 30.9 Å². The molecule has 14 heavy (non-hydrogen) atoms. The minimum Gasteiger partial charge on any atom is -0.327 e. The summed E-state index contributed by atoms with van der Waals surface area (Å²) in [6.45, 7) is 8.66. The van der Waals surface area contributed by atoms with Gasteiger partial charge in [0.2, 0.25) is 0 Å². The lowest BCUT2D eigenvalue weighted by atomic mass is 10.0. The quantitative estimate of drug-likeness (QED) is 0.731. The van der Waals surface area contributed by atoms with E-state index in [1.165, 1.54) is 6.33 Å². The zero-order valence-electron chi connectivity index (χ0n) is 8.64. The lowest BCUT2D eigenvalue weighted by Gasteiger charge is -2.13. The molecule has 1 rings (SSSR count). The molecule has 0 unspecified atom stereocenters. The number of aromatic nitrogens is 3. The summed E-state index contributed by atoms with van der Waals surface area (Å²) in [6.07, 6.45) is 5.05. The van der Waals surface area contributed by atoms with E-state index >= 15 is 0 Å². The Morgan fingerprint density at radius 1 is 1.64 bits per heavy atom. The normalized spacial score (nSPS) is 12.1. The van der Waals surface area contributed by atoms with Gasteiger partial charge in [0, 0.05) is 6.54 Å². The molecular weight excluding hydrogens is 176 g/mol. The van der Waals surface area contributed by atoms with E-state index in [1.54, 1.807) is 11.0 Å². The number of hydrogen-bond acceptors (Lipinski definition) is 3. The first kappa shape index (κ1) is 10.7. The van der Waals surface area contributed by atoms with Crippen molar-refractivity contribution in [1.82, 2.24) is 14.8 Å². The number of allylic oxidation sites excluding steroid dienone is 2. The van der Waals surface area contributed by atoms with Gasteiger partial charge in [-0.1, -0.05) is 20.4 Å². The Hall–Kier alpha value is -1.42. The first-order chi connectivity index (χ1) is 6.66. The molecule has 1 aromatic heterocycles. The monoisotopic (exact) mass is 192 g/mol. The Balaban J connectivity index is 2.98. The number of hydrogen-bond donors (Lipinski definition) is 1. The van der Waals surface area contributed by atoms with Gasteiger partial charge in [-0.3, -0.25) is 0 Å². The minimum atomic E-state index is 0.372. The maximum absolute atomic E-state index is 5.49. The van der Waals surface area contributed by atoms with Gasteiger partial charge in [0.15, 0.2) is 0 Å². The Morgan fingerprint density at radius 2 is 2.36 bits per heavy atom. The van der Waals surface area contributed by atoms with Crippen molar-refractivity contribution >= 4 is 5.70 Å². The Labute approximate surface area is 84.1 Å². The highest BCUT2D eigenvalue weighted by Gasteiger charge is 2.08. The molecule has 0 atom stereocenters. The number of rotatable bonds is 4. The molecule has 0 fully saturated rings. The number of nitrogens with two attached hydrogens (primary N) is 1. The minimum absolute atomic E-state index is 0.372. The molecule has 0 saturated heterocycles. The zero-order valence-corrected chi connectivity index (χ0v) is 8.64.